The van der Waals surface area contributed by atoms with Gasteiger partial charge in [-0.2, -0.15) is 4.31 Å². The Hall–Kier alpha value is -2.66. The van der Waals surface area contributed by atoms with Gasteiger partial charge >= 0.3 is 0 Å². The molecule has 1 fully saturated rings. The molecule has 1 saturated heterocycles. The Morgan fingerprint density at radius 3 is 2.49 bits per heavy atom. The van der Waals surface area contributed by atoms with E-state index in [2.05, 4.69) is 34.8 Å². The Morgan fingerprint density at radius 1 is 1.08 bits per heavy atom. The Bertz CT molecular complexity index is 1510. The van der Waals surface area contributed by atoms with E-state index in [0.29, 0.717) is 35.6 Å². The van der Waals surface area contributed by atoms with Crippen LogP contribution < -0.4 is 4.90 Å². The number of halogens is 1. The lowest BCUT2D eigenvalue weighted by atomic mass is 9.94. The average Bonchev–Trinajstić information content (AvgIpc) is 3.30. The minimum atomic E-state index is -3.63. The van der Waals surface area contributed by atoms with Crippen LogP contribution in [0.1, 0.15) is 36.3 Å². The van der Waals surface area contributed by atoms with Crippen molar-refractivity contribution in [3.05, 3.63) is 82.6 Å². The number of aromatic nitrogens is 2. The van der Waals surface area contributed by atoms with E-state index in [1.165, 1.54) is 23.5 Å². The van der Waals surface area contributed by atoms with Gasteiger partial charge in [-0.3, -0.25) is 14.7 Å². The number of carbonyl (C=O) groups excluding carboxylic acids is 1. The zero-order valence-electron chi connectivity index (χ0n) is 20.5. The van der Waals surface area contributed by atoms with Gasteiger partial charge in [0, 0.05) is 29.3 Å². The van der Waals surface area contributed by atoms with Gasteiger partial charge in [0.15, 0.2) is 5.13 Å². The number of hydrogen-bond acceptors (Lipinski definition) is 6. The van der Waals surface area contributed by atoms with Gasteiger partial charge in [0.1, 0.15) is 0 Å². The SMILES string of the molecule is CC1CC(C)CN(S(=O)(=O)c2ccc(C(=O)N(Cc3ccccn3)c3nc4ccc(Br)cc4s3)cc2)C1. The monoisotopic (exact) mass is 598 g/mol. The van der Waals surface area contributed by atoms with Crippen LogP contribution in [0.3, 0.4) is 0 Å². The summed E-state index contributed by atoms with van der Waals surface area (Å²) in [7, 11) is -3.63. The van der Waals surface area contributed by atoms with Crippen LogP contribution in [0.25, 0.3) is 10.2 Å². The first-order valence-corrected chi connectivity index (χ1v) is 15.1. The van der Waals surface area contributed by atoms with E-state index in [1.807, 2.05) is 36.4 Å². The molecule has 0 spiro atoms. The molecule has 10 heteroatoms. The van der Waals surface area contributed by atoms with E-state index < -0.39 is 10.0 Å². The van der Waals surface area contributed by atoms with Gasteiger partial charge in [0.25, 0.3) is 5.91 Å². The molecule has 1 aliphatic rings. The van der Waals surface area contributed by atoms with E-state index in [1.54, 1.807) is 27.5 Å². The van der Waals surface area contributed by atoms with Crippen molar-refractivity contribution in [2.24, 2.45) is 11.8 Å². The highest BCUT2D eigenvalue weighted by Crippen LogP contribution is 2.33. The lowest BCUT2D eigenvalue weighted by Crippen LogP contribution is -2.42. The summed E-state index contributed by atoms with van der Waals surface area (Å²) >= 11 is 4.91. The number of hydrogen-bond donors (Lipinski definition) is 0. The fourth-order valence-electron chi connectivity index (χ4n) is 4.76. The topological polar surface area (TPSA) is 83.5 Å². The molecule has 1 aliphatic heterocycles. The van der Waals surface area contributed by atoms with Gasteiger partial charge in [-0.1, -0.05) is 47.2 Å². The fourth-order valence-corrected chi connectivity index (χ4v) is 7.95. The minimum absolute atomic E-state index is 0.200. The summed E-state index contributed by atoms with van der Waals surface area (Å²) in [6.07, 6.45) is 2.71. The molecule has 4 aromatic rings. The predicted octanol–water partition coefficient (Wildman–Crippen LogP) is 5.97. The number of nitrogens with zero attached hydrogens (tertiary/aromatic N) is 4. The van der Waals surface area contributed by atoms with Crippen molar-refractivity contribution in [2.45, 2.75) is 31.7 Å². The van der Waals surface area contributed by atoms with Crippen molar-refractivity contribution in [1.29, 1.82) is 0 Å². The average molecular weight is 600 g/mol. The second-order valence-corrected chi connectivity index (χ2v) is 13.5. The van der Waals surface area contributed by atoms with Crippen LogP contribution in [0.2, 0.25) is 0 Å². The van der Waals surface area contributed by atoms with Crippen molar-refractivity contribution < 1.29 is 13.2 Å². The Kier molecular flexibility index (Phi) is 7.44. The van der Waals surface area contributed by atoms with E-state index >= 15 is 0 Å². The van der Waals surface area contributed by atoms with Gasteiger partial charge in [0.05, 0.1) is 27.4 Å². The molecule has 0 aliphatic carbocycles. The first-order valence-electron chi connectivity index (χ1n) is 12.1. The van der Waals surface area contributed by atoms with Crippen LogP contribution >= 0.6 is 27.3 Å². The van der Waals surface area contributed by atoms with Crippen LogP contribution in [0.4, 0.5) is 5.13 Å². The quantitative estimate of drug-likeness (QED) is 0.273. The molecule has 37 heavy (non-hydrogen) atoms. The number of amides is 1. The van der Waals surface area contributed by atoms with Crippen molar-refractivity contribution in [3.8, 4) is 0 Å². The fraction of sp³-hybridized carbons (Fsp3) is 0.296. The van der Waals surface area contributed by atoms with Gasteiger partial charge in [-0.05, 0) is 72.9 Å². The number of thiazole rings is 1. The molecule has 2 aromatic carbocycles. The highest BCUT2D eigenvalue weighted by molar-refractivity contribution is 9.10. The maximum atomic E-state index is 13.7. The number of anilines is 1. The Morgan fingerprint density at radius 2 is 1.81 bits per heavy atom. The van der Waals surface area contributed by atoms with Gasteiger partial charge < -0.3 is 0 Å². The molecule has 1 amide bonds. The molecule has 0 radical (unpaired) electrons. The molecular weight excluding hydrogens is 572 g/mol. The number of rotatable bonds is 6. The van der Waals surface area contributed by atoms with Crippen LogP contribution in [-0.4, -0.2) is 41.7 Å². The molecule has 0 saturated carbocycles. The molecule has 2 unspecified atom stereocenters. The third-order valence-electron chi connectivity index (χ3n) is 6.44. The van der Waals surface area contributed by atoms with E-state index in [-0.39, 0.29) is 17.3 Å². The highest BCUT2D eigenvalue weighted by Gasteiger charge is 2.32. The second-order valence-electron chi connectivity index (χ2n) is 9.61. The van der Waals surface area contributed by atoms with Crippen molar-refractivity contribution in [3.63, 3.8) is 0 Å². The zero-order chi connectivity index (χ0) is 26.2. The largest absolute Gasteiger partial charge is 0.278 e. The van der Waals surface area contributed by atoms with E-state index in [9.17, 15) is 13.2 Å². The normalized spacial score (nSPS) is 18.7. The highest BCUT2D eigenvalue weighted by atomic mass is 79.9. The smallest absolute Gasteiger partial charge is 0.260 e. The first kappa shape index (κ1) is 26.0. The van der Waals surface area contributed by atoms with Gasteiger partial charge in [-0.15, -0.1) is 0 Å². The van der Waals surface area contributed by atoms with Crippen molar-refractivity contribution in [2.75, 3.05) is 18.0 Å². The molecule has 7 nitrogen and oxygen atoms in total. The number of carbonyl (C=O) groups is 1. The van der Waals surface area contributed by atoms with Crippen LogP contribution in [-0.2, 0) is 16.6 Å². The third kappa shape index (κ3) is 5.62. The molecule has 5 rings (SSSR count). The van der Waals surface area contributed by atoms with E-state index in [4.69, 9.17) is 4.98 Å². The lowest BCUT2D eigenvalue weighted by Gasteiger charge is -2.34. The standard InChI is InChI=1S/C27H27BrN4O3S2/c1-18-13-19(2)16-31(15-18)37(34,35)23-9-6-20(7-10-23)26(33)32(17-22-5-3-4-12-29-22)27-30-24-11-8-21(28)14-25(24)36-27/h3-12,14,18-19H,13,15-17H2,1-2H3. The maximum absolute atomic E-state index is 13.7. The predicted molar refractivity (Wildman–Crippen MR) is 150 cm³/mol. The molecule has 192 valence electrons. The lowest BCUT2D eigenvalue weighted by molar-refractivity contribution is 0.0984. The zero-order valence-corrected chi connectivity index (χ0v) is 23.8. The van der Waals surface area contributed by atoms with Crippen LogP contribution in [0, 0.1) is 11.8 Å². The number of pyridine rings is 1. The van der Waals surface area contributed by atoms with E-state index in [0.717, 1.165) is 26.8 Å². The summed E-state index contributed by atoms with van der Waals surface area (Å²) in [6, 6.07) is 17.6. The molecule has 0 N–H and O–H groups in total. The van der Waals surface area contributed by atoms with Crippen LogP contribution in [0.15, 0.2) is 76.2 Å². The first-order chi connectivity index (χ1) is 17.7. The molecule has 0 bridgehead atoms. The summed E-state index contributed by atoms with van der Waals surface area (Å²) in [5.74, 6) is 0.357. The summed E-state index contributed by atoms with van der Waals surface area (Å²) in [4.78, 5) is 24.6. The molecular formula is C27H27BrN4O3S2. The van der Waals surface area contributed by atoms with Gasteiger partial charge in [0.2, 0.25) is 10.0 Å². The Balaban J connectivity index is 1.45. The van der Waals surface area contributed by atoms with Crippen LogP contribution in [0.5, 0.6) is 0 Å². The minimum Gasteiger partial charge on any atom is -0.278 e. The molecule has 3 heterocycles. The summed E-state index contributed by atoms with van der Waals surface area (Å²) < 4.78 is 30.0. The summed E-state index contributed by atoms with van der Waals surface area (Å²) in [5, 5.41) is 0.553. The number of benzene rings is 2. The molecule has 2 atom stereocenters. The van der Waals surface area contributed by atoms with Gasteiger partial charge in [-0.25, -0.2) is 13.4 Å². The summed E-state index contributed by atoms with van der Waals surface area (Å²) in [6.45, 7) is 5.43. The van der Waals surface area contributed by atoms with Crippen molar-refractivity contribution in [1.82, 2.24) is 14.3 Å². The third-order valence-corrected chi connectivity index (χ3v) is 9.82. The molecule has 2 aromatic heterocycles. The Labute approximate surface area is 229 Å². The second kappa shape index (κ2) is 10.6. The number of fused-ring (bicyclic) bond motifs is 1. The number of sulfonamides is 1. The maximum Gasteiger partial charge on any atom is 0.260 e. The number of piperidine rings is 1. The summed E-state index contributed by atoms with van der Waals surface area (Å²) in [5.41, 5.74) is 1.91. The van der Waals surface area contributed by atoms with Crippen molar-refractivity contribution >= 4 is 58.5 Å².